The van der Waals surface area contributed by atoms with Crippen LogP contribution in [0, 0.1) is 24.0 Å². The molecule has 2 fully saturated rings. The predicted octanol–water partition coefficient (Wildman–Crippen LogP) is 6.08. The lowest BCUT2D eigenvalue weighted by atomic mass is 10.1. The Balaban J connectivity index is 0.000000201. The van der Waals surface area contributed by atoms with Gasteiger partial charge in [-0.15, -0.1) is 17.6 Å². The molecule has 0 amide bonds. The number of pyridine rings is 2. The van der Waals surface area contributed by atoms with Crippen molar-refractivity contribution in [2.24, 2.45) is 0 Å². The minimum Gasteiger partial charge on any atom is -0.396 e. The van der Waals surface area contributed by atoms with E-state index < -0.39 is 37.6 Å². The Hall–Kier alpha value is -5.72. The van der Waals surface area contributed by atoms with Gasteiger partial charge in [-0.05, 0) is 82.0 Å². The van der Waals surface area contributed by atoms with Crippen molar-refractivity contribution < 1.29 is 58.3 Å². The number of fused-ring (bicyclic) bond motifs is 2. The number of nitrogen functional groups attached to an aromatic ring is 1. The molecule has 6 heterocycles. The molecule has 0 spiro atoms. The maximum Gasteiger partial charge on any atom is 0.586 e. The zero-order valence-corrected chi connectivity index (χ0v) is 33.4. The molecule has 0 aliphatic carbocycles. The number of anilines is 3. The molecule has 2 aromatic heterocycles. The molecule has 18 nitrogen and oxygen atoms in total. The van der Waals surface area contributed by atoms with Gasteiger partial charge in [-0.2, -0.15) is 8.61 Å². The Morgan fingerprint density at radius 2 is 1.07 bits per heavy atom. The second-order valence-corrected chi connectivity index (χ2v) is 18.0. The number of nitrogens with zero attached hydrogens (tertiary/aromatic N) is 5. The number of aryl methyl sites for hydroxylation is 2. The van der Waals surface area contributed by atoms with Crippen molar-refractivity contribution in [3.8, 4) is 23.0 Å². The van der Waals surface area contributed by atoms with E-state index in [-0.39, 0.29) is 90.0 Å². The summed E-state index contributed by atoms with van der Waals surface area (Å²) in [5.74, 6) is -0.348. The van der Waals surface area contributed by atoms with Crippen LogP contribution >= 0.6 is 0 Å². The molecular weight excluding hydrogens is 857 g/mol. The van der Waals surface area contributed by atoms with Crippen LogP contribution in [0.2, 0.25) is 0 Å². The minimum atomic E-state index is -3.94. The SMILES string of the molecule is C.Cc1ccc(N)c(NC2CCN(S(=O)(=O)c3ccc4c(c3)OC(F)(F)O4)CC2)n1.Cc1ccc([N+](=O)[O-])c(NC2CCN(S(=O)(=O)c3ccc4c(c3)OC(F)(F)O4)CC2)n1. The van der Waals surface area contributed by atoms with Gasteiger partial charge in [0.15, 0.2) is 23.0 Å². The van der Waals surface area contributed by atoms with Crippen LogP contribution in [0.25, 0.3) is 0 Å². The van der Waals surface area contributed by atoms with Gasteiger partial charge in [-0.1, -0.05) is 7.43 Å². The monoisotopic (exact) mass is 898 g/mol. The first-order chi connectivity index (χ1) is 28.2. The molecule has 2 aromatic carbocycles. The first kappa shape index (κ1) is 44.8. The molecule has 4 aliphatic heterocycles. The van der Waals surface area contributed by atoms with E-state index in [4.69, 9.17) is 5.73 Å². The normalized spacial score (nSPS) is 18.7. The third-order valence-electron chi connectivity index (χ3n) is 9.89. The van der Waals surface area contributed by atoms with Gasteiger partial charge in [0.2, 0.25) is 25.9 Å². The highest BCUT2D eigenvalue weighted by molar-refractivity contribution is 7.89. The lowest BCUT2D eigenvalue weighted by molar-refractivity contribution is -0.384. The van der Waals surface area contributed by atoms with Gasteiger partial charge in [-0.3, -0.25) is 10.1 Å². The van der Waals surface area contributed by atoms with Crippen molar-refractivity contribution in [2.75, 3.05) is 42.5 Å². The van der Waals surface area contributed by atoms with Crippen molar-refractivity contribution in [2.45, 2.75) is 81.4 Å². The minimum absolute atomic E-state index is 0. The lowest BCUT2D eigenvalue weighted by Gasteiger charge is -2.32. The largest absolute Gasteiger partial charge is 0.586 e. The molecule has 24 heteroatoms. The van der Waals surface area contributed by atoms with E-state index >= 15 is 0 Å². The molecule has 330 valence electrons. The molecule has 0 radical (unpaired) electrons. The van der Waals surface area contributed by atoms with Crippen molar-refractivity contribution in [1.29, 1.82) is 0 Å². The second kappa shape index (κ2) is 17.0. The number of aromatic nitrogens is 2. The van der Waals surface area contributed by atoms with Crippen LogP contribution < -0.4 is 35.3 Å². The number of alkyl halides is 4. The summed E-state index contributed by atoms with van der Waals surface area (Å²) >= 11 is 0. The number of benzene rings is 2. The summed E-state index contributed by atoms with van der Waals surface area (Å²) in [6.07, 6.45) is -5.75. The predicted molar refractivity (Wildman–Crippen MR) is 212 cm³/mol. The molecule has 0 bridgehead atoms. The quantitative estimate of drug-likeness (QED) is 0.0982. The Kier molecular flexibility index (Phi) is 12.5. The third-order valence-corrected chi connectivity index (χ3v) is 13.7. The maximum absolute atomic E-state index is 13.2. The van der Waals surface area contributed by atoms with E-state index in [1.165, 1.54) is 32.9 Å². The van der Waals surface area contributed by atoms with E-state index in [0.717, 1.165) is 23.9 Å². The van der Waals surface area contributed by atoms with Crippen LogP contribution in [0.1, 0.15) is 44.5 Å². The first-order valence-electron chi connectivity index (χ1n) is 18.4. The van der Waals surface area contributed by atoms with E-state index in [1.807, 2.05) is 13.0 Å². The third kappa shape index (κ3) is 9.92. The molecule has 4 N–H and O–H groups in total. The Morgan fingerprint density at radius 3 is 1.51 bits per heavy atom. The van der Waals surface area contributed by atoms with Crippen LogP contribution in [0.15, 0.2) is 70.5 Å². The van der Waals surface area contributed by atoms with Gasteiger partial charge in [0.1, 0.15) is 5.82 Å². The smallest absolute Gasteiger partial charge is 0.396 e. The first-order valence-corrected chi connectivity index (χ1v) is 21.3. The zero-order valence-electron chi connectivity index (χ0n) is 31.8. The molecule has 2 saturated heterocycles. The summed E-state index contributed by atoms with van der Waals surface area (Å²) in [7, 11) is -7.79. The molecule has 0 atom stereocenters. The second-order valence-electron chi connectivity index (χ2n) is 14.2. The van der Waals surface area contributed by atoms with Crippen molar-refractivity contribution in [1.82, 2.24) is 18.6 Å². The van der Waals surface area contributed by atoms with Crippen LogP contribution in [-0.2, 0) is 20.0 Å². The summed E-state index contributed by atoms with van der Waals surface area (Å²) in [6.45, 7) is 4.41. The van der Waals surface area contributed by atoms with Gasteiger partial charge in [-0.25, -0.2) is 26.8 Å². The van der Waals surface area contributed by atoms with E-state index in [1.54, 1.807) is 19.1 Å². The average molecular weight is 899 g/mol. The Labute approximate surface area is 348 Å². The zero-order chi connectivity index (χ0) is 43.2. The topological polar surface area (TPSA) is 231 Å². The van der Waals surface area contributed by atoms with Crippen LogP contribution in [-0.4, -0.2) is 91.2 Å². The average Bonchev–Trinajstić information content (AvgIpc) is 3.68. The summed E-state index contributed by atoms with van der Waals surface area (Å²) in [4.78, 5) is 18.9. The van der Waals surface area contributed by atoms with E-state index in [0.29, 0.717) is 42.9 Å². The highest BCUT2D eigenvalue weighted by atomic mass is 32.2. The number of halogens is 4. The summed E-state index contributed by atoms with van der Waals surface area (Å²) in [5.41, 5.74) is 7.75. The van der Waals surface area contributed by atoms with Crippen LogP contribution in [0.4, 0.5) is 40.6 Å². The summed E-state index contributed by atoms with van der Waals surface area (Å²) in [6, 6.07) is 13.1. The summed E-state index contributed by atoms with van der Waals surface area (Å²) < 4.78 is 124. The number of piperidine rings is 2. The highest BCUT2D eigenvalue weighted by Gasteiger charge is 2.45. The van der Waals surface area contributed by atoms with Crippen LogP contribution in [0.3, 0.4) is 0 Å². The number of nitrogens with two attached hydrogens (primary N) is 1. The summed E-state index contributed by atoms with van der Waals surface area (Å²) in [5, 5.41) is 17.5. The van der Waals surface area contributed by atoms with Gasteiger partial charge in [0, 0.05) is 67.8 Å². The number of nitro groups is 1. The number of ether oxygens (including phenoxy) is 4. The van der Waals surface area contributed by atoms with Crippen molar-refractivity contribution in [3.05, 3.63) is 82.2 Å². The van der Waals surface area contributed by atoms with Gasteiger partial charge >= 0.3 is 18.3 Å². The molecule has 0 unspecified atom stereocenters. The Bertz CT molecular complexity index is 2520. The van der Waals surface area contributed by atoms with E-state index in [2.05, 4.69) is 39.5 Å². The fourth-order valence-corrected chi connectivity index (χ4v) is 9.80. The molecule has 8 rings (SSSR count). The van der Waals surface area contributed by atoms with E-state index in [9.17, 15) is 44.5 Å². The van der Waals surface area contributed by atoms with Gasteiger partial charge in [0.05, 0.1) is 20.4 Å². The lowest BCUT2D eigenvalue weighted by Crippen LogP contribution is -2.42. The van der Waals surface area contributed by atoms with Gasteiger partial charge in [0.25, 0.3) is 0 Å². The van der Waals surface area contributed by atoms with Crippen molar-refractivity contribution >= 4 is 43.1 Å². The number of hydrogen-bond acceptors (Lipinski definition) is 15. The Morgan fingerprint density at radius 1 is 0.672 bits per heavy atom. The van der Waals surface area contributed by atoms with Gasteiger partial charge < -0.3 is 35.3 Å². The fraction of sp³-hybridized carbons (Fsp3) is 0.405. The molecule has 61 heavy (non-hydrogen) atoms. The highest BCUT2D eigenvalue weighted by Crippen LogP contribution is 2.44. The number of sulfonamides is 2. The molecule has 4 aliphatic rings. The molecular formula is C37H42F4N8O10S2. The fourth-order valence-electron chi connectivity index (χ4n) is 6.83. The molecule has 0 saturated carbocycles. The standard InChI is InChI=1S/C18H18F2N4O6S.C18H20F2N4O4S.CH4/c1-11-2-4-14(24(25)26)17(21-11)22-12-6-8-23(9-7-12)31(27,28)13-3-5-15-16(10-13)30-18(19,20)29-15;1-11-2-4-14(21)17(22-11)23-12-6-8-24(9-7-12)29(25,26)13-3-5-15-16(10-13)28-18(19,20)27-15;/h2-5,10,12H,6-9H2,1H3,(H,21,22);2-5,10,12H,6-9,21H2,1H3,(H,22,23);1H4. The maximum atomic E-state index is 13.2. The number of rotatable bonds is 9. The number of hydrogen-bond donors (Lipinski definition) is 3. The van der Waals surface area contributed by atoms with Crippen molar-refractivity contribution in [3.63, 3.8) is 0 Å². The molecule has 4 aromatic rings. The van der Waals surface area contributed by atoms with Crippen LogP contribution in [0.5, 0.6) is 23.0 Å². The number of nitrogens with one attached hydrogen (secondary N) is 2.